The van der Waals surface area contributed by atoms with Crippen LogP contribution in [0.5, 0.6) is 0 Å². The van der Waals surface area contributed by atoms with E-state index in [9.17, 15) is 4.79 Å². The van der Waals surface area contributed by atoms with Crippen LogP contribution in [0.3, 0.4) is 0 Å². The Balaban J connectivity index is 2.40. The first-order valence-corrected chi connectivity index (χ1v) is 7.15. The normalized spacial score (nSPS) is 13.1. The van der Waals surface area contributed by atoms with Crippen LogP contribution in [0.2, 0.25) is 0 Å². The van der Waals surface area contributed by atoms with Gasteiger partial charge in [0.05, 0.1) is 17.1 Å². The predicted octanol–water partition coefficient (Wildman–Crippen LogP) is 1.88. The largest absolute Gasteiger partial charge is 0.354 e. The number of nitrogens with zero attached hydrogens (tertiary/aromatic N) is 2. The zero-order valence-electron chi connectivity index (χ0n) is 11.9. The summed E-state index contributed by atoms with van der Waals surface area (Å²) in [5, 5.41) is 6.01. The Labute approximate surface area is 113 Å². The van der Waals surface area contributed by atoms with Gasteiger partial charge in [-0.2, -0.15) is 0 Å². The second-order valence-electron chi connectivity index (χ2n) is 5.13. The van der Waals surface area contributed by atoms with Crippen molar-refractivity contribution in [3.8, 4) is 0 Å². The lowest BCUT2D eigenvalue weighted by Gasteiger charge is -2.19. The first-order valence-electron chi connectivity index (χ1n) is 6.27. The molecule has 0 aliphatic carbocycles. The summed E-state index contributed by atoms with van der Waals surface area (Å²) in [6.07, 6.45) is 0.378. The molecule has 102 valence electrons. The molecule has 1 aromatic rings. The van der Waals surface area contributed by atoms with Crippen molar-refractivity contribution in [3.63, 3.8) is 0 Å². The summed E-state index contributed by atoms with van der Waals surface area (Å²) in [7, 11) is 4.01. The molecule has 1 aromatic heterocycles. The number of amides is 1. The van der Waals surface area contributed by atoms with Gasteiger partial charge in [-0.25, -0.2) is 4.98 Å². The molecule has 0 aliphatic rings. The molecule has 0 aliphatic heterocycles. The summed E-state index contributed by atoms with van der Waals surface area (Å²) in [5.74, 6) is 0.477. The lowest BCUT2D eigenvalue weighted by Crippen LogP contribution is -2.38. The molecule has 1 amide bonds. The minimum atomic E-state index is 0.0457. The second kappa shape index (κ2) is 6.85. The maximum Gasteiger partial charge on any atom is 0.226 e. The van der Waals surface area contributed by atoms with Crippen LogP contribution in [0, 0.1) is 0 Å². The van der Waals surface area contributed by atoms with Crippen LogP contribution in [0.4, 0.5) is 0 Å². The molecule has 0 spiro atoms. The SMILES string of the molecule is CC(C)c1nc(CC(=O)NC[C@@H](C)N(C)C)cs1. The van der Waals surface area contributed by atoms with E-state index in [1.54, 1.807) is 11.3 Å². The van der Waals surface area contributed by atoms with Crippen LogP contribution in [-0.4, -0.2) is 42.5 Å². The average Bonchev–Trinajstić information content (AvgIpc) is 2.74. The van der Waals surface area contributed by atoms with Crippen molar-refractivity contribution in [1.82, 2.24) is 15.2 Å². The molecule has 18 heavy (non-hydrogen) atoms. The summed E-state index contributed by atoms with van der Waals surface area (Å²) in [4.78, 5) is 18.3. The van der Waals surface area contributed by atoms with Crippen LogP contribution >= 0.6 is 11.3 Å². The number of nitrogens with one attached hydrogen (secondary N) is 1. The Hall–Kier alpha value is -0.940. The van der Waals surface area contributed by atoms with Crippen molar-refractivity contribution < 1.29 is 4.79 Å². The van der Waals surface area contributed by atoms with Gasteiger partial charge in [-0.15, -0.1) is 11.3 Å². The maximum atomic E-state index is 11.8. The van der Waals surface area contributed by atoms with Gasteiger partial charge in [0.15, 0.2) is 0 Å². The number of thiazole rings is 1. The highest BCUT2D eigenvalue weighted by atomic mass is 32.1. The minimum absolute atomic E-state index is 0.0457. The average molecular weight is 269 g/mol. The van der Waals surface area contributed by atoms with Crippen molar-refractivity contribution in [2.24, 2.45) is 0 Å². The summed E-state index contributed by atoms with van der Waals surface area (Å²) >= 11 is 1.63. The van der Waals surface area contributed by atoms with E-state index >= 15 is 0 Å². The van der Waals surface area contributed by atoms with Crippen LogP contribution in [-0.2, 0) is 11.2 Å². The summed E-state index contributed by atoms with van der Waals surface area (Å²) < 4.78 is 0. The van der Waals surface area contributed by atoms with Crippen molar-refractivity contribution in [3.05, 3.63) is 16.1 Å². The quantitative estimate of drug-likeness (QED) is 0.857. The summed E-state index contributed by atoms with van der Waals surface area (Å²) in [6, 6.07) is 0.343. The Bertz CT molecular complexity index is 387. The predicted molar refractivity (Wildman–Crippen MR) is 76.1 cm³/mol. The maximum absolute atomic E-state index is 11.8. The van der Waals surface area contributed by atoms with E-state index in [2.05, 4.69) is 36.0 Å². The highest BCUT2D eigenvalue weighted by molar-refractivity contribution is 7.09. The molecule has 1 N–H and O–H groups in total. The molecule has 1 atom stereocenters. The number of likely N-dealkylation sites (N-methyl/N-ethyl adjacent to an activating group) is 1. The summed E-state index contributed by atoms with van der Waals surface area (Å²) in [5.41, 5.74) is 0.874. The van der Waals surface area contributed by atoms with E-state index in [-0.39, 0.29) is 5.91 Å². The Morgan fingerprint density at radius 2 is 2.11 bits per heavy atom. The molecule has 0 fully saturated rings. The smallest absolute Gasteiger partial charge is 0.226 e. The fraction of sp³-hybridized carbons (Fsp3) is 0.692. The second-order valence-corrected chi connectivity index (χ2v) is 6.01. The molecule has 4 nitrogen and oxygen atoms in total. The molecule has 0 radical (unpaired) electrons. The van der Waals surface area contributed by atoms with Gasteiger partial charge in [0, 0.05) is 23.9 Å². The van der Waals surface area contributed by atoms with E-state index in [1.165, 1.54) is 0 Å². The van der Waals surface area contributed by atoms with Gasteiger partial charge < -0.3 is 10.2 Å². The lowest BCUT2D eigenvalue weighted by atomic mass is 10.2. The van der Waals surface area contributed by atoms with Crippen molar-refractivity contribution in [2.75, 3.05) is 20.6 Å². The Kier molecular flexibility index (Phi) is 5.75. The van der Waals surface area contributed by atoms with E-state index in [0.29, 0.717) is 24.9 Å². The van der Waals surface area contributed by atoms with Gasteiger partial charge in [0.1, 0.15) is 0 Å². The molecular weight excluding hydrogens is 246 g/mol. The van der Waals surface area contributed by atoms with E-state index in [0.717, 1.165) is 10.7 Å². The summed E-state index contributed by atoms with van der Waals surface area (Å²) in [6.45, 7) is 6.98. The number of aromatic nitrogens is 1. The highest BCUT2D eigenvalue weighted by Gasteiger charge is 2.11. The van der Waals surface area contributed by atoms with Crippen LogP contribution in [0.15, 0.2) is 5.38 Å². The standard InChI is InChI=1S/C13H23N3OS/c1-9(2)13-15-11(8-18-13)6-12(17)14-7-10(3)16(4)5/h8-10H,6-7H2,1-5H3,(H,14,17)/t10-/m1/s1. The van der Waals surface area contributed by atoms with Gasteiger partial charge in [-0.3, -0.25) is 4.79 Å². The first kappa shape index (κ1) is 15.1. The molecule has 0 saturated carbocycles. The van der Waals surface area contributed by atoms with Gasteiger partial charge in [0.25, 0.3) is 0 Å². The first-order chi connectivity index (χ1) is 8.40. The third kappa shape index (κ3) is 4.74. The number of rotatable bonds is 6. The van der Waals surface area contributed by atoms with Crippen molar-refractivity contribution in [1.29, 1.82) is 0 Å². The molecule has 0 unspecified atom stereocenters. The zero-order valence-corrected chi connectivity index (χ0v) is 12.7. The Morgan fingerprint density at radius 1 is 1.44 bits per heavy atom. The minimum Gasteiger partial charge on any atom is -0.354 e. The monoisotopic (exact) mass is 269 g/mol. The molecular formula is C13H23N3OS. The third-order valence-electron chi connectivity index (χ3n) is 2.88. The van der Waals surface area contributed by atoms with Gasteiger partial charge in [-0.1, -0.05) is 13.8 Å². The number of hydrogen-bond donors (Lipinski definition) is 1. The molecule has 1 rings (SSSR count). The van der Waals surface area contributed by atoms with Gasteiger partial charge >= 0.3 is 0 Å². The molecule has 0 aromatic carbocycles. The third-order valence-corrected chi connectivity index (χ3v) is 4.08. The van der Waals surface area contributed by atoms with E-state index < -0.39 is 0 Å². The lowest BCUT2D eigenvalue weighted by molar-refractivity contribution is -0.120. The van der Waals surface area contributed by atoms with E-state index in [1.807, 2.05) is 19.5 Å². The fourth-order valence-electron chi connectivity index (χ4n) is 1.34. The Morgan fingerprint density at radius 3 is 2.61 bits per heavy atom. The number of carbonyl (C=O) groups is 1. The zero-order chi connectivity index (χ0) is 13.7. The number of carbonyl (C=O) groups excluding carboxylic acids is 1. The van der Waals surface area contributed by atoms with E-state index in [4.69, 9.17) is 0 Å². The molecule has 0 saturated heterocycles. The topological polar surface area (TPSA) is 45.2 Å². The van der Waals surface area contributed by atoms with Gasteiger partial charge in [0.2, 0.25) is 5.91 Å². The van der Waals surface area contributed by atoms with Crippen molar-refractivity contribution >= 4 is 17.2 Å². The van der Waals surface area contributed by atoms with Gasteiger partial charge in [-0.05, 0) is 21.0 Å². The highest BCUT2D eigenvalue weighted by Crippen LogP contribution is 2.19. The molecule has 5 heteroatoms. The molecule has 1 heterocycles. The number of hydrogen-bond acceptors (Lipinski definition) is 4. The van der Waals surface area contributed by atoms with Crippen molar-refractivity contribution in [2.45, 2.75) is 39.2 Å². The fourth-order valence-corrected chi connectivity index (χ4v) is 2.18. The van der Waals surface area contributed by atoms with Crippen LogP contribution in [0.25, 0.3) is 0 Å². The van der Waals surface area contributed by atoms with Crippen LogP contribution < -0.4 is 5.32 Å². The van der Waals surface area contributed by atoms with Crippen LogP contribution in [0.1, 0.15) is 37.4 Å². The molecule has 0 bridgehead atoms.